The Bertz CT molecular complexity index is 876. The van der Waals surface area contributed by atoms with E-state index >= 15 is 0 Å². The summed E-state index contributed by atoms with van der Waals surface area (Å²) in [5.41, 5.74) is 1.68. The molecule has 1 fully saturated rings. The molecule has 0 radical (unpaired) electrons. The molecule has 3 heterocycles. The maximum absolute atomic E-state index is 12.3. The lowest BCUT2D eigenvalue weighted by Gasteiger charge is -2.29. The minimum Gasteiger partial charge on any atom is -0.482 e. The van der Waals surface area contributed by atoms with Crippen molar-refractivity contribution < 1.29 is 14.3 Å². The Kier molecular flexibility index (Phi) is 6.47. The second-order valence-corrected chi connectivity index (χ2v) is 7.75. The van der Waals surface area contributed by atoms with Gasteiger partial charge in [-0.15, -0.1) is 0 Å². The third-order valence-electron chi connectivity index (χ3n) is 5.60. The SMILES string of the molecule is O=C(CCN1C(=O)COc2ccccc21)NCc1ccc(N2CCCCCC2)nc1. The summed E-state index contributed by atoms with van der Waals surface area (Å²) in [5.74, 6) is 1.46. The van der Waals surface area contributed by atoms with Crippen molar-refractivity contribution in [2.24, 2.45) is 0 Å². The van der Waals surface area contributed by atoms with E-state index in [0.29, 0.717) is 18.8 Å². The van der Waals surface area contributed by atoms with Gasteiger partial charge in [-0.1, -0.05) is 31.0 Å². The Labute approximate surface area is 177 Å². The van der Waals surface area contributed by atoms with Crippen LogP contribution in [0.5, 0.6) is 5.75 Å². The molecule has 0 atom stereocenters. The maximum atomic E-state index is 12.3. The largest absolute Gasteiger partial charge is 0.482 e. The van der Waals surface area contributed by atoms with E-state index in [0.717, 1.165) is 30.2 Å². The predicted octanol–water partition coefficient (Wildman–Crippen LogP) is 2.89. The lowest BCUT2D eigenvalue weighted by atomic mass is 10.2. The lowest BCUT2D eigenvalue weighted by molar-refractivity contribution is -0.122. The second kappa shape index (κ2) is 9.61. The number of aromatic nitrogens is 1. The molecule has 1 N–H and O–H groups in total. The fraction of sp³-hybridized carbons (Fsp3) is 0.435. The minimum atomic E-state index is -0.130. The smallest absolute Gasteiger partial charge is 0.265 e. The van der Waals surface area contributed by atoms with E-state index in [4.69, 9.17) is 4.74 Å². The number of nitrogens with one attached hydrogen (secondary N) is 1. The maximum Gasteiger partial charge on any atom is 0.265 e. The van der Waals surface area contributed by atoms with Gasteiger partial charge in [0.15, 0.2) is 6.61 Å². The molecule has 0 bridgehead atoms. The lowest BCUT2D eigenvalue weighted by Crippen LogP contribution is -2.41. The van der Waals surface area contributed by atoms with Crippen molar-refractivity contribution >= 4 is 23.3 Å². The summed E-state index contributed by atoms with van der Waals surface area (Å²) < 4.78 is 5.44. The number of para-hydroxylation sites is 2. The number of rotatable bonds is 6. The highest BCUT2D eigenvalue weighted by atomic mass is 16.5. The van der Waals surface area contributed by atoms with Crippen LogP contribution < -0.4 is 19.9 Å². The van der Waals surface area contributed by atoms with Gasteiger partial charge < -0.3 is 19.9 Å². The van der Waals surface area contributed by atoms with Gasteiger partial charge in [-0.05, 0) is 36.6 Å². The van der Waals surface area contributed by atoms with Crippen LogP contribution in [0.1, 0.15) is 37.7 Å². The zero-order valence-corrected chi connectivity index (χ0v) is 17.2. The molecule has 30 heavy (non-hydrogen) atoms. The third kappa shape index (κ3) is 4.90. The molecule has 1 aromatic carbocycles. The fourth-order valence-electron chi connectivity index (χ4n) is 3.91. The van der Waals surface area contributed by atoms with Crippen molar-refractivity contribution in [3.8, 4) is 5.75 Å². The van der Waals surface area contributed by atoms with Gasteiger partial charge >= 0.3 is 0 Å². The van der Waals surface area contributed by atoms with Gasteiger partial charge in [0.1, 0.15) is 11.6 Å². The molecular weight excluding hydrogens is 380 g/mol. The molecule has 2 aromatic rings. The number of benzene rings is 1. The van der Waals surface area contributed by atoms with Crippen LogP contribution in [-0.4, -0.2) is 43.0 Å². The quantitative estimate of drug-likeness (QED) is 0.796. The molecule has 0 spiro atoms. The van der Waals surface area contributed by atoms with Crippen molar-refractivity contribution in [3.63, 3.8) is 0 Å². The number of anilines is 2. The van der Waals surface area contributed by atoms with Crippen molar-refractivity contribution in [1.82, 2.24) is 10.3 Å². The summed E-state index contributed by atoms with van der Waals surface area (Å²) in [5, 5.41) is 2.92. The van der Waals surface area contributed by atoms with Gasteiger partial charge in [0.05, 0.1) is 5.69 Å². The molecule has 158 valence electrons. The van der Waals surface area contributed by atoms with Crippen LogP contribution in [0.15, 0.2) is 42.6 Å². The number of hydrogen-bond acceptors (Lipinski definition) is 5. The average Bonchev–Trinajstić information content (AvgIpc) is 3.07. The molecule has 0 unspecified atom stereocenters. The van der Waals surface area contributed by atoms with Gasteiger partial charge in [-0.25, -0.2) is 4.98 Å². The zero-order valence-electron chi connectivity index (χ0n) is 17.2. The van der Waals surface area contributed by atoms with Gasteiger partial charge in [0.2, 0.25) is 5.91 Å². The highest BCUT2D eigenvalue weighted by molar-refractivity contribution is 5.98. The second-order valence-electron chi connectivity index (χ2n) is 7.75. The van der Waals surface area contributed by atoms with Gasteiger partial charge in [0.25, 0.3) is 5.91 Å². The van der Waals surface area contributed by atoms with E-state index in [9.17, 15) is 9.59 Å². The first-order valence-corrected chi connectivity index (χ1v) is 10.7. The first kappa shape index (κ1) is 20.2. The Morgan fingerprint density at radius 1 is 1.07 bits per heavy atom. The van der Waals surface area contributed by atoms with Crippen LogP contribution in [0.4, 0.5) is 11.5 Å². The van der Waals surface area contributed by atoms with E-state index in [1.54, 1.807) is 4.90 Å². The summed E-state index contributed by atoms with van der Waals surface area (Å²) in [6.07, 6.45) is 7.09. The number of amides is 2. The molecule has 7 heteroatoms. The van der Waals surface area contributed by atoms with Crippen molar-refractivity contribution in [1.29, 1.82) is 0 Å². The van der Waals surface area contributed by atoms with Crippen LogP contribution in [0, 0.1) is 0 Å². The normalized spacial score (nSPS) is 16.5. The summed E-state index contributed by atoms with van der Waals surface area (Å²) in [4.78, 5) is 33.1. The fourth-order valence-corrected chi connectivity index (χ4v) is 3.91. The Morgan fingerprint density at radius 2 is 1.87 bits per heavy atom. The molecule has 7 nitrogen and oxygen atoms in total. The average molecular weight is 409 g/mol. The van der Waals surface area contributed by atoms with Crippen LogP contribution in [0.25, 0.3) is 0 Å². The molecule has 0 aliphatic carbocycles. The highest BCUT2D eigenvalue weighted by Gasteiger charge is 2.25. The van der Waals surface area contributed by atoms with Crippen LogP contribution in [0.3, 0.4) is 0 Å². The molecular formula is C23H28N4O3. The number of fused-ring (bicyclic) bond motifs is 1. The molecule has 4 rings (SSSR count). The minimum absolute atomic E-state index is 0.00761. The molecule has 2 amide bonds. The number of carbonyl (C=O) groups is 2. The molecule has 1 aromatic heterocycles. The monoisotopic (exact) mass is 408 g/mol. The Morgan fingerprint density at radius 3 is 2.63 bits per heavy atom. The van der Waals surface area contributed by atoms with Gasteiger partial charge in [-0.2, -0.15) is 0 Å². The summed E-state index contributed by atoms with van der Waals surface area (Å²) in [7, 11) is 0. The van der Waals surface area contributed by atoms with Crippen molar-refractivity contribution in [2.45, 2.75) is 38.6 Å². The van der Waals surface area contributed by atoms with E-state index in [2.05, 4.69) is 15.2 Å². The number of ether oxygens (including phenoxy) is 1. The van der Waals surface area contributed by atoms with E-state index < -0.39 is 0 Å². The van der Waals surface area contributed by atoms with Gasteiger partial charge in [-0.3, -0.25) is 9.59 Å². The van der Waals surface area contributed by atoms with Crippen LogP contribution in [0.2, 0.25) is 0 Å². The highest BCUT2D eigenvalue weighted by Crippen LogP contribution is 2.31. The van der Waals surface area contributed by atoms with Gasteiger partial charge in [0, 0.05) is 38.8 Å². The molecule has 2 aliphatic rings. The molecule has 0 saturated carbocycles. The summed E-state index contributed by atoms with van der Waals surface area (Å²) >= 11 is 0. The first-order chi connectivity index (χ1) is 14.7. The number of nitrogens with zero attached hydrogens (tertiary/aromatic N) is 3. The molecule has 2 aliphatic heterocycles. The number of pyridine rings is 1. The predicted molar refractivity (Wildman–Crippen MR) is 116 cm³/mol. The standard InChI is InChI=1S/C23H28N4O3/c28-22(11-14-27-19-7-3-4-8-20(19)30-17-23(27)29)25-16-18-9-10-21(24-15-18)26-12-5-1-2-6-13-26/h3-4,7-10,15H,1-2,5-6,11-14,16-17H2,(H,25,28). The van der Waals surface area contributed by atoms with Crippen molar-refractivity contribution in [3.05, 3.63) is 48.2 Å². The third-order valence-corrected chi connectivity index (χ3v) is 5.60. The van der Waals surface area contributed by atoms with E-state index in [1.165, 1.54) is 25.7 Å². The Balaban J connectivity index is 1.26. The topological polar surface area (TPSA) is 74.8 Å². The first-order valence-electron chi connectivity index (χ1n) is 10.7. The van der Waals surface area contributed by atoms with Crippen LogP contribution in [-0.2, 0) is 16.1 Å². The van der Waals surface area contributed by atoms with Crippen LogP contribution >= 0.6 is 0 Å². The van der Waals surface area contributed by atoms with Crippen molar-refractivity contribution in [2.75, 3.05) is 36.0 Å². The summed E-state index contributed by atoms with van der Waals surface area (Å²) in [6.45, 7) is 2.89. The molecule has 1 saturated heterocycles. The van der Waals surface area contributed by atoms with E-state index in [1.807, 2.05) is 42.6 Å². The van der Waals surface area contributed by atoms with E-state index in [-0.39, 0.29) is 24.8 Å². The number of hydrogen-bond donors (Lipinski definition) is 1. The Hall–Kier alpha value is -3.09. The summed E-state index contributed by atoms with van der Waals surface area (Å²) in [6, 6.07) is 11.5. The zero-order chi connectivity index (χ0) is 20.8. The number of carbonyl (C=O) groups excluding carboxylic acids is 2.